The summed E-state index contributed by atoms with van der Waals surface area (Å²) in [5.41, 5.74) is 2.79. The Morgan fingerprint density at radius 2 is 1.81 bits per heavy atom. The van der Waals surface area contributed by atoms with E-state index in [0.29, 0.717) is 15.9 Å². The Kier molecular flexibility index (Phi) is 5.51. The van der Waals surface area contributed by atoms with Crippen molar-refractivity contribution in [3.8, 4) is 11.6 Å². The van der Waals surface area contributed by atoms with Crippen LogP contribution in [0.15, 0.2) is 85.3 Å². The minimum Gasteiger partial charge on any atom is -0.495 e. The smallest absolute Gasteiger partial charge is 0.174 e. The van der Waals surface area contributed by atoms with Gasteiger partial charge in [0.05, 0.1) is 23.9 Å². The summed E-state index contributed by atoms with van der Waals surface area (Å²) in [6, 6.07) is 21.2. The number of rotatable bonds is 5. The predicted octanol–water partition coefficient (Wildman–Crippen LogP) is 5.11. The normalized spacial score (nSPS) is 17.9. The Hall–Kier alpha value is -3.42. The van der Waals surface area contributed by atoms with Gasteiger partial charge in [0.1, 0.15) is 17.6 Å². The number of nitrogens with zero attached hydrogens (tertiary/aromatic N) is 4. The molecule has 32 heavy (non-hydrogen) atoms. The fourth-order valence-electron chi connectivity index (χ4n) is 4.08. The van der Waals surface area contributed by atoms with Gasteiger partial charge in [0, 0.05) is 30.0 Å². The summed E-state index contributed by atoms with van der Waals surface area (Å²) in [6.45, 7) is 0. The number of aromatic nitrogens is 3. The first-order valence-corrected chi connectivity index (χ1v) is 10.9. The number of nitrogens with one attached hydrogen (secondary N) is 1. The third kappa shape index (κ3) is 3.59. The number of pyridine rings is 2. The quantitative estimate of drug-likeness (QED) is 0.417. The molecule has 1 fully saturated rings. The van der Waals surface area contributed by atoms with Crippen LogP contribution in [-0.2, 0) is 0 Å². The second-order valence-electron chi connectivity index (χ2n) is 7.31. The molecule has 1 N–H and O–H groups in total. The second-order valence-corrected chi connectivity index (χ2v) is 8.10. The molecule has 1 aliphatic rings. The topological polar surface area (TPSA) is 55.2 Å². The lowest BCUT2D eigenvalue weighted by Crippen LogP contribution is -2.30. The average molecular weight is 462 g/mol. The molecule has 0 aliphatic carbocycles. The Morgan fingerprint density at radius 3 is 2.50 bits per heavy atom. The largest absolute Gasteiger partial charge is 0.495 e. The van der Waals surface area contributed by atoms with Gasteiger partial charge in [-0.15, -0.1) is 0 Å². The summed E-state index contributed by atoms with van der Waals surface area (Å²) in [4.78, 5) is 11.2. The van der Waals surface area contributed by atoms with E-state index in [-0.39, 0.29) is 12.1 Å². The van der Waals surface area contributed by atoms with Crippen LogP contribution in [0.2, 0.25) is 5.02 Å². The van der Waals surface area contributed by atoms with E-state index in [0.717, 1.165) is 22.9 Å². The van der Waals surface area contributed by atoms with Gasteiger partial charge in [-0.1, -0.05) is 23.7 Å². The molecule has 4 heterocycles. The van der Waals surface area contributed by atoms with E-state index in [1.807, 2.05) is 66.9 Å². The van der Waals surface area contributed by atoms with Gasteiger partial charge < -0.3 is 19.5 Å². The van der Waals surface area contributed by atoms with Crippen molar-refractivity contribution < 1.29 is 4.74 Å². The van der Waals surface area contributed by atoms with Crippen molar-refractivity contribution in [2.24, 2.45) is 0 Å². The molecule has 1 aliphatic heterocycles. The van der Waals surface area contributed by atoms with E-state index < -0.39 is 0 Å². The predicted molar refractivity (Wildman–Crippen MR) is 129 cm³/mol. The third-order valence-corrected chi connectivity index (χ3v) is 6.10. The Bertz CT molecular complexity index is 1250. The molecule has 3 aromatic heterocycles. The first-order valence-electron chi connectivity index (χ1n) is 10.1. The minimum atomic E-state index is -0.182. The molecule has 0 unspecified atom stereocenters. The summed E-state index contributed by atoms with van der Waals surface area (Å²) >= 11 is 12.3. The maximum Gasteiger partial charge on any atom is 0.174 e. The molecule has 160 valence electrons. The van der Waals surface area contributed by atoms with Gasteiger partial charge >= 0.3 is 0 Å². The van der Waals surface area contributed by atoms with Gasteiger partial charge in [0.15, 0.2) is 5.11 Å². The Balaban J connectivity index is 1.66. The molecule has 1 saturated heterocycles. The van der Waals surface area contributed by atoms with Gasteiger partial charge in [-0.05, 0) is 66.8 Å². The van der Waals surface area contributed by atoms with Crippen molar-refractivity contribution in [1.29, 1.82) is 0 Å². The van der Waals surface area contributed by atoms with Crippen molar-refractivity contribution in [2.45, 2.75) is 12.1 Å². The number of ether oxygens (including phenoxy) is 1. The number of anilines is 1. The lowest BCUT2D eigenvalue weighted by Gasteiger charge is -2.29. The van der Waals surface area contributed by atoms with Crippen molar-refractivity contribution in [3.63, 3.8) is 0 Å². The summed E-state index contributed by atoms with van der Waals surface area (Å²) in [5.74, 6) is 1.45. The molecule has 0 radical (unpaired) electrons. The summed E-state index contributed by atoms with van der Waals surface area (Å²) in [7, 11) is 1.60. The molecule has 1 aromatic carbocycles. The molecule has 0 saturated carbocycles. The van der Waals surface area contributed by atoms with Gasteiger partial charge in [-0.2, -0.15) is 0 Å². The molecule has 5 rings (SSSR count). The standard InChI is InChI=1S/C24H20ClN5OS/c1-31-20-11-10-16(15-17(20)25)30-23(22(28-24(30)32)18-7-2-4-12-26-18)19-8-6-14-29(19)21-9-3-5-13-27-21/h2-15,22-23H,1H3,(H,28,32)/t22-,23+/m1/s1. The maximum atomic E-state index is 6.47. The van der Waals surface area contributed by atoms with Gasteiger partial charge in [-0.25, -0.2) is 4.98 Å². The zero-order chi connectivity index (χ0) is 22.1. The highest BCUT2D eigenvalue weighted by atomic mass is 35.5. The van der Waals surface area contributed by atoms with Crippen LogP contribution in [0.4, 0.5) is 5.69 Å². The fraction of sp³-hybridized carbons (Fsp3) is 0.125. The first kappa shape index (κ1) is 20.5. The number of hydrogen-bond acceptors (Lipinski definition) is 4. The number of benzene rings is 1. The van der Waals surface area contributed by atoms with E-state index in [4.69, 9.17) is 28.6 Å². The monoisotopic (exact) mass is 461 g/mol. The van der Waals surface area contributed by atoms with Crippen molar-refractivity contribution in [3.05, 3.63) is 102 Å². The van der Waals surface area contributed by atoms with Crippen LogP contribution >= 0.6 is 23.8 Å². The number of halogens is 1. The summed E-state index contributed by atoms with van der Waals surface area (Å²) < 4.78 is 7.41. The Morgan fingerprint density at radius 1 is 1.00 bits per heavy atom. The highest BCUT2D eigenvalue weighted by Crippen LogP contribution is 2.43. The zero-order valence-corrected chi connectivity index (χ0v) is 18.8. The van der Waals surface area contributed by atoms with E-state index >= 15 is 0 Å². The highest BCUT2D eigenvalue weighted by Gasteiger charge is 2.42. The molecule has 0 bridgehead atoms. The van der Waals surface area contributed by atoms with Gasteiger partial charge in [0.25, 0.3) is 0 Å². The van der Waals surface area contributed by atoms with Crippen LogP contribution in [0.1, 0.15) is 23.5 Å². The molecule has 0 spiro atoms. The molecule has 8 heteroatoms. The molecule has 0 amide bonds. The number of methoxy groups -OCH3 is 1. The number of thiocarbonyl (C=S) groups is 1. The fourth-order valence-corrected chi connectivity index (χ4v) is 4.68. The second kappa shape index (κ2) is 8.61. The Labute approximate surface area is 196 Å². The van der Waals surface area contributed by atoms with E-state index in [1.54, 1.807) is 19.5 Å². The van der Waals surface area contributed by atoms with Crippen molar-refractivity contribution in [2.75, 3.05) is 12.0 Å². The van der Waals surface area contributed by atoms with Crippen LogP contribution in [0, 0.1) is 0 Å². The van der Waals surface area contributed by atoms with E-state index in [9.17, 15) is 0 Å². The van der Waals surface area contributed by atoms with Crippen LogP contribution in [0.3, 0.4) is 0 Å². The van der Waals surface area contributed by atoms with Crippen LogP contribution < -0.4 is 15.0 Å². The van der Waals surface area contributed by atoms with Crippen LogP contribution in [0.25, 0.3) is 5.82 Å². The number of hydrogen-bond donors (Lipinski definition) is 1. The van der Waals surface area contributed by atoms with E-state index in [1.165, 1.54) is 0 Å². The SMILES string of the molecule is COc1ccc(N2C(=S)N[C@H](c3ccccn3)[C@@H]2c2cccn2-c2ccccn2)cc1Cl. The maximum absolute atomic E-state index is 6.47. The van der Waals surface area contributed by atoms with E-state index in [2.05, 4.69) is 30.8 Å². The lowest BCUT2D eigenvalue weighted by atomic mass is 10.0. The molecular formula is C24H20ClN5OS. The van der Waals surface area contributed by atoms with Crippen molar-refractivity contribution >= 4 is 34.6 Å². The average Bonchev–Trinajstić information content (AvgIpc) is 3.44. The molecule has 2 atom stereocenters. The highest BCUT2D eigenvalue weighted by molar-refractivity contribution is 7.80. The summed E-state index contributed by atoms with van der Waals surface area (Å²) in [5, 5.41) is 4.59. The minimum absolute atomic E-state index is 0.165. The van der Waals surface area contributed by atoms with Gasteiger partial charge in [-0.3, -0.25) is 4.98 Å². The molecule has 6 nitrogen and oxygen atoms in total. The van der Waals surface area contributed by atoms with Crippen molar-refractivity contribution in [1.82, 2.24) is 19.9 Å². The molecular weight excluding hydrogens is 442 g/mol. The van der Waals surface area contributed by atoms with Crippen LogP contribution in [0.5, 0.6) is 5.75 Å². The third-order valence-electron chi connectivity index (χ3n) is 5.49. The summed E-state index contributed by atoms with van der Waals surface area (Å²) in [6.07, 6.45) is 5.59. The lowest BCUT2D eigenvalue weighted by molar-refractivity contribution is 0.415. The molecule has 4 aromatic rings. The zero-order valence-electron chi connectivity index (χ0n) is 17.2. The first-order chi connectivity index (χ1) is 15.7. The van der Waals surface area contributed by atoms with Gasteiger partial charge in [0.2, 0.25) is 0 Å². The van der Waals surface area contributed by atoms with Crippen LogP contribution in [-0.4, -0.2) is 26.8 Å².